The van der Waals surface area contributed by atoms with Crippen LogP contribution in [0.15, 0.2) is 52.1 Å². The predicted molar refractivity (Wildman–Crippen MR) is 91.1 cm³/mol. The minimum absolute atomic E-state index is 0.106. The lowest BCUT2D eigenvalue weighted by atomic mass is 9.92. The summed E-state index contributed by atoms with van der Waals surface area (Å²) in [4.78, 5) is 14.7. The number of amides is 1. The predicted octanol–water partition coefficient (Wildman–Crippen LogP) is 3.28. The van der Waals surface area contributed by atoms with Gasteiger partial charge in [0, 0.05) is 23.0 Å². The second-order valence-electron chi connectivity index (χ2n) is 5.62. The second kappa shape index (κ2) is 5.38. The highest BCUT2D eigenvalue weighted by atomic mass is 79.9. The maximum absolute atomic E-state index is 12.5. The molecule has 2 aliphatic rings. The topological polar surface area (TPSA) is 64.9 Å². The Kier molecular flexibility index (Phi) is 3.34. The molecule has 0 aromatic heterocycles. The van der Waals surface area contributed by atoms with Crippen LogP contribution in [-0.2, 0) is 0 Å². The zero-order valence-corrected chi connectivity index (χ0v) is 13.7. The Bertz CT molecular complexity index is 817. The van der Waals surface area contributed by atoms with Gasteiger partial charge in [0.15, 0.2) is 0 Å². The first kappa shape index (κ1) is 14.3. The van der Waals surface area contributed by atoms with E-state index in [1.165, 1.54) is 0 Å². The van der Waals surface area contributed by atoms with Gasteiger partial charge in [0.2, 0.25) is 0 Å². The maximum atomic E-state index is 12.5. The van der Waals surface area contributed by atoms with E-state index in [1.54, 1.807) is 6.07 Å². The third-order valence-electron chi connectivity index (χ3n) is 4.35. The van der Waals surface area contributed by atoms with Crippen LogP contribution < -0.4 is 10.2 Å². The first-order valence-corrected chi connectivity index (χ1v) is 8.15. The standard InChI is InChI=1S/C17H14BrN3O2/c18-11-6-4-10(5-7-11)16-19-17(22)13-3-1-2-12-14(20-23)8-9-21(16)15(12)13/h1-7,16,23H,8-9H2,(H,19,22)/b20-14+. The van der Waals surface area contributed by atoms with E-state index in [9.17, 15) is 10.0 Å². The number of nitrogens with zero attached hydrogens (tertiary/aromatic N) is 2. The molecule has 5 nitrogen and oxygen atoms in total. The van der Waals surface area contributed by atoms with Crippen LogP contribution in [0.2, 0.25) is 0 Å². The number of oxime groups is 1. The van der Waals surface area contributed by atoms with Crippen LogP contribution >= 0.6 is 15.9 Å². The van der Waals surface area contributed by atoms with E-state index < -0.39 is 0 Å². The summed E-state index contributed by atoms with van der Waals surface area (Å²) in [7, 11) is 0. The van der Waals surface area contributed by atoms with Gasteiger partial charge in [-0.1, -0.05) is 45.4 Å². The highest BCUT2D eigenvalue weighted by Crippen LogP contribution is 2.39. The lowest BCUT2D eigenvalue weighted by Gasteiger charge is -2.42. The van der Waals surface area contributed by atoms with E-state index in [0.29, 0.717) is 24.2 Å². The zero-order chi connectivity index (χ0) is 16.0. The average molecular weight is 372 g/mol. The first-order valence-electron chi connectivity index (χ1n) is 7.36. The van der Waals surface area contributed by atoms with Crippen LogP contribution in [0.1, 0.15) is 34.1 Å². The molecule has 23 heavy (non-hydrogen) atoms. The Morgan fingerprint density at radius 2 is 1.91 bits per heavy atom. The molecule has 1 amide bonds. The average Bonchev–Trinajstić information content (AvgIpc) is 2.58. The fourth-order valence-corrected chi connectivity index (χ4v) is 3.56. The number of nitrogens with one attached hydrogen (secondary N) is 1. The molecule has 2 aromatic carbocycles. The molecule has 4 rings (SSSR count). The van der Waals surface area contributed by atoms with Gasteiger partial charge in [-0.2, -0.15) is 0 Å². The summed E-state index contributed by atoms with van der Waals surface area (Å²) >= 11 is 3.43. The Hall–Kier alpha value is -2.34. The van der Waals surface area contributed by atoms with Crippen LogP contribution in [0.25, 0.3) is 0 Å². The van der Waals surface area contributed by atoms with Gasteiger partial charge in [-0.15, -0.1) is 0 Å². The molecule has 2 heterocycles. The summed E-state index contributed by atoms with van der Waals surface area (Å²) in [5, 5.41) is 15.7. The third kappa shape index (κ3) is 2.21. The van der Waals surface area contributed by atoms with Crippen molar-refractivity contribution in [1.82, 2.24) is 5.32 Å². The molecule has 116 valence electrons. The smallest absolute Gasteiger partial charge is 0.255 e. The lowest BCUT2D eigenvalue weighted by Crippen LogP contribution is -2.49. The van der Waals surface area contributed by atoms with Gasteiger partial charge in [-0.3, -0.25) is 4.79 Å². The molecule has 2 aliphatic heterocycles. The van der Waals surface area contributed by atoms with Crippen LogP contribution in [0.3, 0.4) is 0 Å². The van der Waals surface area contributed by atoms with Crippen molar-refractivity contribution in [2.24, 2.45) is 5.16 Å². The second-order valence-corrected chi connectivity index (χ2v) is 6.54. The molecule has 2 N–H and O–H groups in total. The Morgan fingerprint density at radius 1 is 1.17 bits per heavy atom. The SMILES string of the molecule is O=C1NC(c2ccc(Br)cc2)N2CC/C(=N\O)c3cccc1c32. The molecule has 0 radical (unpaired) electrons. The molecular weight excluding hydrogens is 358 g/mol. The number of halogens is 1. The molecule has 0 saturated carbocycles. The van der Waals surface area contributed by atoms with E-state index in [1.807, 2.05) is 36.4 Å². The Labute approximate surface area is 141 Å². The maximum Gasteiger partial charge on any atom is 0.255 e. The molecule has 2 aromatic rings. The summed E-state index contributed by atoms with van der Waals surface area (Å²) in [6, 6.07) is 13.5. The van der Waals surface area contributed by atoms with Crippen molar-refractivity contribution in [3.63, 3.8) is 0 Å². The Balaban J connectivity index is 1.87. The molecular formula is C17H14BrN3O2. The van der Waals surface area contributed by atoms with Crippen LogP contribution in [0.5, 0.6) is 0 Å². The van der Waals surface area contributed by atoms with Crippen molar-refractivity contribution in [1.29, 1.82) is 0 Å². The summed E-state index contributed by atoms with van der Waals surface area (Å²) in [5.74, 6) is -0.106. The monoisotopic (exact) mass is 371 g/mol. The lowest BCUT2D eigenvalue weighted by molar-refractivity contribution is 0.0926. The number of hydrogen-bond donors (Lipinski definition) is 2. The molecule has 1 unspecified atom stereocenters. The third-order valence-corrected chi connectivity index (χ3v) is 4.88. The molecule has 6 heteroatoms. The largest absolute Gasteiger partial charge is 0.411 e. The van der Waals surface area contributed by atoms with Crippen LogP contribution in [-0.4, -0.2) is 23.4 Å². The van der Waals surface area contributed by atoms with E-state index in [-0.39, 0.29) is 12.1 Å². The van der Waals surface area contributed by atoms with Crippen molar-refractivity contribution in [2.45, 2.75) is 12.6 Å². The molecule has 1 atom stereocenters. The molecule has 0 fully saturated rings. The molecule has 0 spiro atoms. The summed E-state index contributed by atoms with van der Waals surface area (Å²) in [6.45, 7) is 0.685. The summed E-state index contributed by atoms with van der Waals surface area (Å²) in [5.41, 5.74) is 3.95. The minimum Gasteiger partial charge on any atom is -0.411 e. The molecule has 0 saturated heterocycles. The fourth-order valence-electron chi connectivity index (χ4n) is 3.29. The number of para-hydroxylation sites is 1. The summed E-state index contributed by atoms with van der Waals surface area (Å²) < 4.78 is 0.998. The van der Waals surface area contributed by atoms with Gasteiger partial charge >= 0.3 is 0 Å². The van der Waals surface area contributed by atoms with Crippen molar-refractivity contribution in [3.8, 4) is 0 Å². The van der Waals surface area contributed by atoms with Gasteiger partial charge in [-0.25, -0.2) is 0 Å². The van der Waals surface area contributed by atoms with Crippen molar-refractivity contribution < 1.29 is 10.0 Å². The van der Waals surface area contributed by atoms with Crippen molar-refractivity contribution in [3.05, 3.63) is 63.6 Å². The van der Waals surface area contributed by atoms with Crippen molar-refractivity contribution >= 4 is 33.2 Å². The highest BCUT2D eigenvalue weighted by molar-refractivity contribution is 9.10. The number of hydrogen-bond acceptors (Lipinski definition) is 4. The first-order chi connectivity index (χ1) is 11.2. The highest BCUT2D eigenvalue weighted by Gasteiger charge is 2.36. The number of anilines is 1. The van der Waals surface area contributed by atoms with E-state index in [4.69, 9.17) is 0 Å². The number of carbonyl (C=O) groups excluding carboxylic acids is 1. The number of rotatable bonds is 1. The van der Waals surface area contributed by atoms with Gasteiger partial charge in [-0.05, 0) is 23.8 Å². The van der Waals surface area contributed by atoms with Crippen LogP contribution in [0.4, 0.5) is 5.69 Å². The zero-order valence-electron chi connectivity index (χ0n) is 12.2. The molecule has 0 bridgehead atoms. The Morgan fingerprint density at radius 3 is 2.65 bits per heavy atom. The fraction of sp³-hybridized carbons (Fsp3) is 0.176. The van der Waals surface area contributed by atoms with Gasteiger partial charge in [0.1, 0.15) is 6.17 Å². The van der Waals surface area contributed by atoms with E-state index >= 15 is 0 Å². The van der Waals surface area contributed by atoms with Gasteiger partial charge in [0.25, 0.3) is 5.91 Å². The van der Waals surface area contributed by atoms with E-state index in [0.717, 1.165) is 21.3 Å². The van der Waals surface area contributed by atoms with Crippen molar-refractivity contribution in [2.75, 3.05) is 11.4 Å². The number of carbonyl (C=O) groups is 1. The van der Waals surface area contributed by atoms with Gasteiger partial charge in [0.05, 0.1) is 17.0 Å². The summed E-state index contributed by atoms with van der Waals surface area (Å²) in [6.07, 6.45) is 0.417. The minimum atomic E-state index is -0.218. The quantitative estimate of drug-likeness (QED) is 0.597. The molecule has 0 aliphatic carbocycles. The van der Waals surface area contributed by atoms with E-state index in [2.05, 4.69) is 31.3 Å². The number of benzene rings is 2. The van der Waals surface area contributed by atoms with Crippen LogP contribution in [0, 0.1) is 0 Å². The van der Waals surface area contributed by atoms with Gasteiger partial charge < -0.3 is 15.4 Å². The normalized spacial score (nSPS) is 21.1.